The van der Waals surface area contributed by atoms with Crippen LogP contribution in [0.4, 0.5) is 10.8 Å². The van der Waals surface area contributed by atoms with Gasteiger partial charge in [0.1, 0.15) is 16.5 Å². The number of carbonyl (C=O) groups is 2. The number of nitrogens with zero attached hydrogens (tertiary/aromatic N) is 4. The molecule has 1 N–H and O–H groups in total. The number of Topliss-reactive ketones (excluding diaryl/α,β-unsaturated/α-hetero) is 1. The SMILES string of the molecule is Cc1nnc(N2C(=O)C(=O)/C(=C(/O)c3ccc(OC(C)C)cc3)[C@H]2c2ccc([N+](=O)[O-])cc2)s1. The molecule has 2 aromatic carbocycles. The minimum absolute atomic E-state index is 0.0396. The fraction of sp³-hybridized carbons (Fsp3) is 0.217. The predicted molar refractivity (Wildman–Crippen MR) is 125 cm³/mol. The second-order valence-corrected chi connectivity index (χ2v) is 8.97. The minimum Gasteiger partial charge on any atom is -0.507 e. The lowest BCUT2D eigenvalue weighted by molar-refractivity contribution is -0.384. The highest BCUT2D eigenvalue weighted by Crippen LogP contribution is 2.43. The van der Waals surface area contributed by atoms with Crippen molar-refractivity contribution in [3.63, 3.8) is 0 Å². The third-order valence-corrected chi connectivity index (χ3v) is 5.92. The molecule has 0 unspecified atom stereocenters. The van der Waals surface area contributed by atoms with Gasteiger partial charge in [0.2, 0.25) is 5.13 Å². The highest BCUT2D eigenvalue weighted by molar-refractivity contribution is 7.15. The van der Waals surface area contributed by atoms with E-state index in [9.17, 15) is 24.8 Å². The van der Waals surface area contributed by atoms with Crippen molar-refractivity contribution < 1.29 is 24.4 Å². The molecule has 0 aliphatic carbocycles. The summed E-state index contributed by atoms with van der Waals surface area (Å²) in [6.07, 6.45) is -0.0396. The fourth-order valence-corrected chi connectivity index (χ4v) is 4.34. The Bertz CT molecular complexity index is 1300. The zero-order chi connectivity index (χ0) is 24.6. The number of anilines is 1. The molecule has 1 aliphatic rings. The number of benzene rings is 2. The second-order valence-electron chi connectivity index (χ2n) is 7.81. The summed E-state index contributed by atoms with van der Waals surface area (Å²) in [4.78, 5) is 37.8. The van der Waals surface area contributed by atoms with Gasteiger partial charge in [0.05, 0.1) is 22.6 Å². The van der Waals surface area contributed by atoms with Crippen molar-refractivity contribution in [1.29, 1.82) is 0 Å². The largest absolute Gasteiger partial charge is 0.507 e. The average Bonchev–Trinajstić information content (AvgIpc) is 3.34. The van der Waals surface area contributed by atoms with E-state index in [4.69, 9.17) is 4.74 Å². The van der Waals surface area contributed by atoms with E-state index in [1.54, 1.807) is 31.2 Å². The van der Waals surface area contributed by atoms with E-state index in [0.717, 1.165) is 16.2 Å². The zero-order valence-corrected chi connectivity index (χ0v) is 19.3. The Balaban J connectivity index is 1.85. The molecule has 1 amide bonds. The van der Waals surface area contributed by atoms with Crippen molar-refractivity contribution >= 4 is 39.6 Å². The molecule has 1 aliphatic heterocycles. The number of aryl methyl sites for hydroxylation is 1. The number of aliphatic hydroxyl groups excluding tert-OH is 1. The molecule has 11 heteroatoms. The maximum absolute atomic E-state index is 13.1. The predicted octanol–water partition coefficient (Wildman–Crippen LogP) is 4.17. The topological polar surface area (TPSA) is 136 Å². The van der Waals surface area contributed by atoms with Gasteiger partial charge in [0.15, 0.2) is 0 Å². The van der Waals surface area contributed by atoms with Crippen molar-refractivity contribution in [2.24, 2.45) is 0 Å². The third kappa shape index (κ3) is 4.25. The van der Waals surface area contributed by atoms with E-state index < -0.39 is 22.7 Å². The van der Waals surface area contributed by atoms with E-state index in [1.165, 1.54) is 24.3 Å². The van der Waals surface area contributed by atoms with Gasteiger partial charge in [0, 0.05) is 17.7 Å². The van der Waals surface area contributed by atoms with Crippen LogP contribution in [0.5, 0.6) is 5.75 Å². The molecule has 0 spiro atoms. The van der Waals surface area contributed by atoms with Crippen molar-refractivity contribution in [2.45, 2.75) is 32.9 Å². The molecule has 0 saturated carbocycles. The summed E-state index contributed by atoms with van der Waals surface area (Å²) in [5.74, 6) is -1.55. The van der Waals surface area contributed by atoms with Crippen LogP contribution < -0.4 is 9.64 Å². The molecule has 1 saturated heterocycles. The van der Waals surface area contributed by atoms with Crippen LogP contribution in [0, 0.1) is 17.0 Å². The molecule has 4 rings (SSSR count). The van der Waals surface area contributed by atoms with Gasteiger partial charge < -0.3 is 9.84 Å². The van der Waals surface area contributed by atoms with Crippen LogP contribution >= 0.6 is 11.3 Å². The number of rotatable bonds is 6. The summed E-state index contributed by atoms with van der Waals surface area (Å²) in [7, 11) is 0. The first-order chi connectivity index (χ1) is 16.2. The summed E-state index contributed by atoms with van der Waals surface area (Å²) >= 11 is 1.12. The smallest absolute Gasteiger partial charge is 0.301 e. The number of amides is 1. The number of aromatic nitrogens is 2. The summed E-state index contributed by atoms with van der Waals surface area (Å²) in [6.45, 7) is 5.48. The van der Waals surface area contributed by atoms with Crippen LogP contribution in [0.1, 0.15) is 36.0 Å². The highest BCUT2D eigenvalue weighted by atomic mass is 32.1. The minimum atomic E-state index is -1.04. The number of carbonyl (C=O) groups excluding carboxylic acids is 2. The van der Waals surface area contributed by atoms with Crippen LogP contribution in [0.2, 0.25) is 0 Å². The summed E-state index contributed by atoms with van der Waals surface area (Å²) in [5, 5.41) is 30.9. The highest BCUT2D eigenvalue weighted by Gasteiger charge is 2.48. The van der Waals surface area contributed by atoms with Crippen LogP contribution in [0.25, 0.3) is 5.76 Å². The van der Waals surface area contributed by atoms with Crippen molar-refractivity contribution in [3.05, 3.63) is 80.4 Å². The van der Waals surface area contributed by atoms with Crippen molar-refractivity contribution in [3.8, 4) is 5.75 Å². The van der Waals surface area contributed by atoms with Crippen LogP contribution in [-0.2, 0) is 9.59 Å². The Morgan fingerprint density at radius 3 is 2.29 bits per heavy atom. The van der Waals surface area contributed by atoms with Gasteiger partial charge in [-0.25, -0.2) is 0 Å². The zero-order valence-electron chi connectivity index (χ0n) is 18.5. The monoisotopic (exact) mass is 480 g/mol. The molecule has 3 aromatic rings. The maximum Gasteiger partial charge on any atom is 0.301 e. The molecule has 174 valence electrons. The second kappa shape index (κ2) is 9.02. The number of ketones is 1. The van der Waals surface area contributed by atoms with Gasteiger partial charge in [0.25, 0.3) is 11.5 Å². The molecule has 1 fully saturated rings. The molecule has 1 atom stereocenters. The van der Waals surface area contributed by atoms with E-state index >= 15 is 0 Å². The number of ether oxygens (including phenoxy) is 1. The average molecular weight is 481 g/mol. The maximum atomic E-state index is 13.1. The van der Waals surface area contributed by atoms with Crippen molar-refractivity contribution in [1.82, 2.24) is 10.2 Å². The molecule has 1 aromatic heterocycles. The number of hydrogen-bond donors (Lipinski definition) is 1. The molecular formula is C23H20N4O6S. The van der Waals surface area contributed by atoms with Gasteiger partial charge in [-0.3, -0.25) is 24.6 Å². The van der Waals surface area contributed by atoms with E-state index in [1.807, 2.05) is 13.8 Å². The molecule has 2 heterocycles. The van der Waals surface area contributed by atoms with E-state index in [0.29, 0.717) is 21.9 Å². The number of nitro benzene ring substituents is 1. The number of nitro groups is 1. The lowest BCUT2D eigenvalue weighted by Crippen LogP contribution is -2.29. The Labute approximate surface area is 198 Å². The molecule has 34 heavy (non-hydrogen) atoms. The third-order valence-electron chi connectivity index (χ3n) is 5.09. The van der Waals surface area contributed by atoms with E-state index in [2.05, 4.69) is 10.2 Å². The Kier molecular flexibility index (Phi) is 6.12. The van der Waals surface area contributed by atoms with Crippen LogP contribution in [-0.4, -0.2) is 38.0 Å². The summed E-state index contributed by atoms with van der Waals surface area (Å²) < 4.78 is 5.61. The summed E-state index contributed by atoms with van der Waals surface area (Å²) in [5.41, 5.74) is 0.422. The molecule has 0 radical (unpaired) electrons. The number of non-ortho nitro benzene ring substituents is 1. The lowest BCUT2D eigenvalue weighted by atomic mass is 9.95. The normalized spacial score (nSPS) is 17.4. The number of hydrogen-bond acceptors (Lipinski definition) is 9. The van der Waals surface area contributed by atoms with Gasteiger partial charge in [-0.1, -0.05) is 11.3 Å². The van der Waals surface area contributed by atoms with E-state index in [-0.39, 0.29) is 28.3 Å². The lowest BCUT2D eigenvalue weighted by Gasteiger charge is -2.22. The van der Waals surface area contributed by atoms with Crippen molar-refractivity contribution in [2.75, 3.05) is 4.90 Å². The summed E-state index contributed by atoms with van der Waals surface area (Å²) in [6, 6.07) is 10.9. The molecule has 0 bridgehead atoms. The van der Waals surface area contributed by atoms with Gasteiger partial charge in [-0.05, 0) is 62.7 Å². The first kappa shape index (κ1) is 23.1. The number of aliphatic hydroxyl groups is 1. The van der Waals surface area contributed by atoms with Gasteiger partial charge in [-0.15, -0.1) is 10.2 Å². The van der Waals surface area contributed by atoms with Gasteiger partial charge in [-0.2, -0.15) is 0 Å². The quantitative estimate of drug-likeness (QED) is 0.183. The standard InChI is InChI=1S/C23H20N4O6S/c1-12(2)33-17-10-6-15(7-11-17)20(28)18-19(14-4-8-16(9-5-14)27(31)32)26(22(30)21(18)29)23-25-24-13(3)34-23/h4-12,19,28H,1-3H3/b20-18+/t19-/m1/s1. The Morgan fingerprint density at radius 1 is 1.12 bits per heavy atom. The fourth-order valence-electron chi connectivity index (χ4n) is 3.63. The Morgan fingerprint density at radius 2 is 1.76 bits per heavy atom. The van der Waals surface area contributed by atoms with Crippen LogP contribution in [0.15, 0.2) is 54.1 Å². The first-order valence-corrected chi connectivity index (χ1v) is 11.1. The molecule has 10 nitrogen and oxygen atoms in total. The molecular weight excluding hydrogens is 460 g/mol. The first-order valence-electron chi connectivity index (χ1n) is 10.3. The Hall–Kier alpha value is -4.12. The van der Waals surface area contributed by atoms with Gasteiger partial charge >= 0.3 is 5.91 Å². The van der Waals surface area contributed by atoms with Crippen LogP contribution in [0.3, 0.4) is 0 Å².